The van der Waals surface area contributed by atoms with Crippen molar-refractivity contribution in [2.24, 2.45) is 0 Å². The van der Waals surface area contributed by atoms with Crippen LogP contribution in [0.2, 0.25) is 5.15 Å². The van der Waals surface area contributed by atoms with E-state index in [0.29, 0.717) is 5.56 Å². The zero-order valence-electron chi connectivity index (χ0n) is 8.60. The maximum absolute atomic E-state index is 11.5. The molecule has 0 fully saturated rings. The first-order valence-corrected chi connectivity index (χ1v) is 6.90. The summed E-state index contributed by atoms with van der Waals surface area (Å²) in [5.74, 6) is -0.453. The van der Waals surface area contributed by atoms with Crippen LogP contribution in [0.5, 0.6) is 0 Å². The quantitative estimate of drug-likeness (QED) is 0.802. The fraction of sp³-hybridized carbons (Fsp3) is 0.333. The van der Waals surface area contributed by atoms with Crippen LogP contribution in [0.15, 0.2) is 18.3 Å². The highest BCUT2D eigenvalue weighted by Gasteiger charge is 2.07. The Morgan fingerprint density at radius 1 is 1.56 bits per heavy atom. The Hall–Kier alpha value is -1.14. The molecule has 0 aliphatic heterocycles. The van der Waals surface area contributed by atoms with E-state index in [9.17, 15) is 13.2 Å². The lowest BCUT2D eigenvalue weighted by Crippen LogP contribution is -2.28. The fourth-order valence-corrected chi connectivity index (χ4v) is 1.64. The van der Waals surface area contributed by atoms with Crippen LogP contribution < -0.4 is 5.32 Å². The van der Waals surface area contributed by atoms with Crippen LogP contribution in [0.1, 0.15) is 10.4 Å². The average molecular weight is 263 g/mol. The van der Waals surface area contributed by atoms with Crippen LogP contribution in [0, 0.1) is 0 Å². The number of rotatable bonds is 4. The molecule has 0 aromatic carbocycles. The van der Waals surface area contributed by atoms with Gasteiger partial charge in [0.25, 0.3) is 5.91 Å². The number of carbonyl (C=O) groups excluding carboxylic acids is 1. The number of hydrogen-bond donors (Lipinski definition) is 1. The van der Waals surface area contributed by atoms with E-state index in [0.717, 1.165) is 6.26 Å². The highest BCUT2D eigenvalue weighted by atomic mass is 35.5. The molecule has 0 unspecified atom stereocenters. The minimum absolute atomic E-state index is 0.0810. The van der Waals surface area contributed by atoms with E-state index >= 15 is 0 Å². The maximum Gasteiger partial charge on any atom is 0.251 e. The first-order chi connectivity index (χ1) is 7.38. The Balaban J connectivity index is 2.54. The lowest BCUT2D eigenvalue weighted by Gasteiger charge is -2.04. The van der Waals surface area contributed by atoms with Gasteiger partial charge in [-0.15, -0.1) is 0 Å². The smallest absolute Gasteiger partial charge is 0.251 e. The summed E-state index contributed by atoms with van der Waals surface area (Å²) in [5, 5.41) is 2.70. The Labute approximate surface area is 98.8 Å². The molecule has 0 aliphatic carbocycles. The molecule has 0 atom stereocenters. The Bertz CT molecular complexity index is 487. The average Bonchev–Trinajstić information content (AvgIpc) is 2.15. The topological polar surface area (TPSA) is 76.1 Å². The number of nitrogens with zero attached hydrogens (tertiary/aromatic N) is 1. The number of pyridine rings is 1. The van der Waals surface area contributed by atoms with Crippen LogP contribution in [-0.2, 0) is 9.84 Å². The molecule has 1 heterocycles. The van der Waals surface area contributed by atoms with Crippen molar-refractivity contribution in [1.82, 2.24) is 10.3 Å². The Morgan fingerprint density at radius 3 is 2.81 bits per heavy atom. The van der Waals surface area contributed by atoms with E-state index in [-0.39, 0.29) is 23.4 Å². The van der Waals surface area contributed by atoms with E-state index in [4.69, 9.17) is 11.6 Å². The molecule has 1 aromatic heterocycles. The molecule has 1 aromatic rings. The normalized spacial score (nSPS) is 11.1. The van der Waals surface area contributed by atoms with Gasteiger partial charge in [-0.1, -0.05) is 11.6 Å². The van der Waals surface area contributed by atoms with Gasteiger partial charge in [0.1, 0.15) is 15.0 Å². The largest absolute Gasteiger partial charge is 0.351 e. The molecule has 0 saturated carbocycles. The third kappa shape index (κ3) is 4.59. The summed E-state index contributed by atoms with van der Waals surface area (Å²) in [5.41, 5.74) is 0.355. The van der Waals surface area contributed by atoms with Crippen molar-refractivity contribution in [3.63, 3.8) is 0 Å². The number of carbonyl (C=O) groups is 1. The summed E-state index contributed by atoms with van der Waals surface area (Å²) < 4.78 is 21.6. The molecule has 7 heteroatoms. The molecule has 1 amide bonds. The Kier molecular flexibility index (Phi) is 4.26. The summed E-state index contributed by atoms with van der Waals surface area (Å²) >= 11 is 5.61. The Morgan fingerprint density at radius 2 is 2.25 bits per heavy atom. The van der Waals surface area contributed by atoms with E-state index in [1.165, 1.54) is 18.3 Å². The molecular weight excluding hydrogens is 252 g/mol. The summed E-state index contributed by atoms with van der Waals surface area (Å²) in [6.07, 6.45) is 2.52. The van der Waals surface area contributed by atoms with Gasteiger partial charge in [0.15, 0.2) is 0 Å². The van der Waals surface area contributed by atoms with Crippen LogP contribution in [-0.4, -0.2) is 37.9 Å². The van der Waals surface area contributed by atoms with Gasteiger partial charge in [-0.2, -0.15) is 0 Å². The van der Waals surface area contributed by atoms with Crippen LogP contribution >= 0.6 is 11.6 Å². The van der Waals surface area contributed by atoms with Gasteiger partial charge in [-0.3, -0.25) is 4.79 Å². The molecule has 16 heavy (non-hydrogen) atoms. The van der Waals surface area contributed by atoms with E-state index in [2.05, 4.69) is 10.3 Å². The SMILES string of the molecule is CS(=O)(=O)CCNC(=O)c1ccnc(Cl)c1. The number of amides is 1. The molecule has 1 rings (SSSR count). The lowest BCUT2D eigenvalue weighted by molar-refractivity contribution is 0.0956. The second-order valence-corrected chi connectivity index (χ2v) is 5.90. The monoisotopic (exact) mass is 262 g/mol. The molecule has 0 spiro atoms. The van der Waals surface area contributed by atoms with Gasteiger partial charge in [-0.05, 0) is 12.1 Å². The predicted molar refractivity (Wildman–Crippen MR) is 61.3 cm³/mol. The van der Waals surface area contributed by atoms with Crippen molar-refractivity contribution in [2.45, 2.75) is 0 Å². The van der Waals surface area contributed by atoms with Crippen molar-refractivity contribution in [2.75, 3.05) is 18.6 Å². The molecule has 0 bridgehead atoms. The third-order valence-electron chi connectivity index (χ3n) is 1.75. The van der Waals surface area contributed by atoms with E-state index in [1.807, 2.05) is 0 Å². The van der Waals surface area contributed by atoms with Crippen LogP contribution in [0.25, 0.3) is 0 Å². The van der Waals surface area contributed by atoms with E-state index in [1.54, 1.807) is 0 Å². The molecule has 1 N–H and O–H groups in total. The summed E-state index contributed by atoms with van der Waals surface area (Å²) in [4.78, 5) is 15.2. The number of hydrogen-bond acceptors (Lipinski definition) is 4. The third-order valence-corrected chi connectivity index (χ3v) is 2.90. The number of nitrogens with one attached hydrogen (secondary N) is 1. The zero-order chi connectivity index (χ0) is 12.2. The van der Waals surface area contributed by atoms with Crippen molar-refractivity contribution >= 4 is 27.3 Å². The van der Waals surface area contributed by atoms with Gasteiger partial charge >= 0.3 is 0 Å². The molecule has 5 nitrogen and oxygen atoms in total. The summed E-state index contributed by atoms with van der Waals surface area (Å²) in [6.45, 7) is 0.0810. The highest BCUT2D eigenvalue weighted by Crippen LogP contribution is 2.06. The minimum Gasteiger partial charge on any atom is -0.351 e. The van der Waals surface area contributed by atoms with Gasteiger partial charge in [-0.25, -0.2) is 13.4 Å². The van der Waals surface area contributed by atoms with Crippen LogP contribution in [0.4, 0.5) is 0 Å². The predicted octanol–water partition coefficient (Wildman–Crippen LogP) is 0.509. The first kappa shape index (κ1) is 12.9. The van der Waals surface area contributed by atoms with Crippen molar-refractivity contribution in [1.29, 1.82) is 0 Å². The zero-order valence-corrected chi connectivity index (χ0v) is 10.2. The molecule has 88 valence electrons. The van der Waals surface area contributed by atoms with Gasteiger partial charge in [0.2, 0.25) is 0 Å². The van der Waals surface area contributed by atoms with Gasteiger partial charge in [0, 0.05) is 24.6 Å². The second kappa shape index (κ2) is 5.27. The molecule has 0 radical (unpaired) electrons. The number of sulfone groups is 1. The summed E-state index contributed by atoms with van der Waals surface area (Å²) in [6, 6.07) is 2.92. The van der Waals surface area contributed by atoms with Gasteiger partial charge in [0.05, 0.1) is 5.75 Å². The fourth-order valence-electron chi connectivity index (χ4n) is 0.996. The molecule has 0 aliphatic rings. The van der Waals surface area contributed by atoms with E-state index < -0.39 is 9.84 Å². The second-order valence-electron chi connectivity index (χ2n) is 3.25. The maximum atomic E-state index is 11.5. The number of aromatic nitrogens is 1. The lowest BCUT2D eigenvalue weighted by atomic mass is 10.2. The molecule has 0 saturated heterocycles. The van der Waals surface area contributed by atoms with Crippen molar-refractivity contribution in [3.05, 3.63) is 29.0 Å². The number of halogens is 1. The standard InChI is InChI=1S/C9H11ClN2O3S/c1-16(14,15)5-4-12-9(13)7-2-3-11-8(10)6-7/h2-3,6H,4-5H2,1H3,(H,12,13). The highest BCUT2D eigenvalue weighted by molar-refractivity contribution is 7.90. The molecular formula is C9H11ClN2O3S. The first-order valence-electron chi connectivity index (χ1n) is 4.46. The van der Waals surface area contributed by atoms with Crippen molar-refractivity contribution in [3.8, 4) is 0 Å². The van der Waals surface area contributed by atoms with Crippen LogP contribution in [0.3, 0.4) is 0 Å². The minimum atomic E-state index is -3.06. The summed E-state index contributed by atoms with van der Waals surface area (Å²) in [7, 11) is -3.06. The van der Waals surface area contributed by atoms with Crippen molar-refractivity contribution < 1.29 is 13.2 Å². The van der Waals surface area contributed by atoms with Gasteiger partial charge < -0.3 is 5.32 Å².